The van der Waals surface area contributed by atoms with E-state index in [0.29, 0.717) is 36.2 Å². The first kappa shape index (κ1) is 20.2. The number of benzene rings is 1. The molecule has 8 heteroatoms. The van der Waals surface area contributed by atoms with Crippen LogP contribution in [0.25, 0.3) is 0 Å². The highest BCUT2D eigenvalue weighted by Crippen LogP contribution is 2.26. The van der Waals surface area contributed by atoms with Crippen LogP contribution < -0.4 is 9.62 Å². The molecule has 0 spiro atoms. The summed E-state index contributed by atoms with van der Waals surface area (Å²) >= 11 is 0. The van der Waals surface area contributed by atoms with E-state index in [2.05, 4.69) is 5.32 Å². The molecular weight excluding hydrogens is 356 g/mol. The van der Waals surface area contributed by atoms with Gasteiger partial charge in [-0.15, -0.1) is 0 Å². The average Bonchev–Trinajstić information content (AvgIpc) is 2.93. The number of nitrogens with one attached hydrogen (secondary N) is 1. The number of sulfonamides is 1. The molecule has 144 valence electrons. The zero-order chi connectivity index (χ0) is 19.5. The Morgan fingerprint density at radius 1 is 1.35 bits per heavy atom. The lowest BCUT2D eigenvalue weighted by Gasteiger charge is -2.29. The van der Waals surface area contributed by atoms with Gasteiger partial charge in [-0.05, 0) is 50.5 Å². The number of amides is 1. The van der Waals surface area contributed by atoms with Crippen molar-refractivity contribution in [1.29, 1.82) is 0 Å². The number of carbonyl (C=O) groups excluding carboxylic acids is 2. The third-order valence-electron chi connectivity index (χ3n) is 4.80. The molecule has 1 heterocycles. The lowest BCUT2D eigenvalue weighted by Crippen LogP contribution is -2.47. The fraction of sp³-hybridized carbons (Fsp3) is 0.556. The van der Waals surface area contributed by atoms with E-state index in [1.165, 1.54) is 11.4 Å². The number of hydrogen-bond donors (Lipinski definition) is 1. The molecule has 7 nitrogen and oxygen atoms in total. The summed E-state index contributed by atoms with van der Waals surface area (Å²) in [6.07, 6.45) is 1.25. The van der Waals surface area contributed by atoms with Crippen LogP contribution in [0.3, 0.4) is 0 Å². The minimum Gasteiger partial charge on any atom is -0.469 e. The molecule has 0 saturated carbocycles. The van der Waals surface area contributed by atoms with Crippen LogP contribution >= 0.6 is 0 Å². The summed E-state index contributed by atoms with van der Waals surface area (Å²) in [5.41, 5.74) is 0.992. The molecule has 1 amide bonds. The number of aryl methyl sites for hydroxylation is 1. The quantitative estimate of drug-likeness (QED) is 0.760. The van der Waals surface area contributed by atoms with E-state index < -0.39 is 15.6 Å². The Kier molecular flexibility index (Phi) is 5.95. The number of rotatable bonds is 6. The van der Waals surface area contributed by atoms with E-state index in [9.17, 15) is 18.0 Å². The normalized spacial score (nSPS) is 18.2. The number of esters is 1. The molecule has 1 unspecified atom stereocenters. The molecule has 1 N–H and O–H groups in total. The third kappa shape index (κ3) is 4.35. The first-order valence-corrected chi connectivity index (χ1v) is 10.2. The SMILES string of the molecule is CCC(C)(CC(=O)OC)NC(=O)c1ccc(N2CCCS2(=O)=O)cc1C. The van der Waals surface area contributed by atoms with Crippen molar-refractivity contribution in [3.63, 3.8) is 0 Å². The van der Waals surface area contributed by atoms with Gasteiger partial charge in [-0.3, -0.25) is 13.9 Å². The van der Waals surface area contributed by atoms with Crippen LogP contribution in [0, 0.1) is 6.92 Å². The Morgan fingerprint density at radius 2 is 2.04 bits per heavy atom. The summed E-state index contributed by atoms with van der Waals surface area (Å²) in [6, 6.07) is 4.98. The molecule has 1 aromatic rings. The second-order valence-corrected chi connectivity index (χ2v) is 8.88. The van der Waals surface area contributed by atoms with Crippen molar-refractivity contribution in [3.05, 3.63) is 29.3 Å². The first-order valence-electron chi connectivity index (χ1n) is 8.62. The zero-order valence-electron chi connectivity index (χ0n) is 15.7. The molecule has 0 aromatic heterocycles. The molecule has 0 aliphatic carbocycles. The van der Waals surface area contributed by atoms with Crippen LogP contribution in [-0.2, 0) is 19.6 Å². The van der Waals surface area contributed by atoms with Crippen molar-refractivity contribution in [2.24, 2.45) is 0 Å². The molecule has 1 saturated heterocycles. The average molecular weight is 382 g/mol. The van der Waals surface area contributed by atoms with E-state index in [1.807, 2.05) is 6.92 Å². The largest absolute Gasteiger partial charge is 0.469 e. The van der Waals surface area contributed by atoms with Crippen molar-refractivity contribution < 1.29 is 22.7 Å². The summed E-state index contributed by atoms with van der Waals surface area (Å²) in [4.78, 5) is 24.3. The maximum absolute atomic E-state index is 12.7. The summed E-state index contributed by atoms with van der Waals surface area (Å²) < 4.78 is 30.2. The lowest BCUT2D eigenvalue weighted by atomic mass is 9.93. The van der Waals surface area contributed by atoms with Crippen LogP contribution in [0.1, 0.15) is 49.0 Å². The maximum atomic E-state index is 12.7. The van der Waals surface area contributed by atoms with Crippen molar-refractivity contribution in [1.82, 2.24) is 5.32 Å². The number of methoxy groups -OCH3 is 1. The van der Waals surface area contributed by atoms with Gasteiger partial charge < -0.3 is 10.1 Å². The van der Waals surface area contributed by atoms with Crippen LogP contribution in [0.4, 0.5) is 5.69 Å². The van der Waals surface area contributed by atoms with Crippen molar-refractivity contribution in [2.45, 2.75) is 45.6 Å². The molecule has 1 atom stereocenters. The maximum Gasteiger partial charge on any atom is 0.307 e. The van der Waals surface area contributed by atoms with Crippen molar-refractivity contribution >= 4 is 27.6 Å². The van der Waals surface area contributed by atoms with Gasteiger partial charge in [0.1, 0.15) is 0 Å². The monoisotopic (exact) mass is 382 g/mol. The second-order valence-electron chi connectivity index (χ2n) is 6.86. The highest BCUT2D eigenvalue weighted by Gasteiger charge is 2.31. The molecule has 26 heavy (non-hydrogen) atoms. The van der Waals surface area contributed by atoms with Crippen LogP contribution in [-0.4, -0.2) is 45.2 Å². The predicted molar refractivity (Wildman–Crippen MR) is 99.7 cm³/mol. The van der Waals surface area contributed by atoms with E-state index in [-0.39, 0.29) is 24.1 Å². The number of hydrogen-bond acceptors (Lipinski definition) is 5. The highest BCUT2D eigenvalue weighted by atomic mass is 32.2. The minimum atomic E-state index is -3.26. The van der Waals surface area contributed by atoms with Crippen molar-refractivity contribution in [2.75, 3.05) is 23.7 Å². The minimum absolute atomic E-state index is 0.0783. The zero-order valence-corrected chi connectivity index (χ0v) is 16.5. The highest BCUT2D eigenvalue weighted by molar-refractivity contribution is 7.93. The van der Waals surface area contributed by atoms with E-state index in [1.54, 1.807) is 32.0 Å². The fourth-order valence-electron chi connectivity index (χ4n) is 2.98. The van der Waals surface area contributed by atoms with Crippen LogP contribution in [0.15, 0.2) is 18.2 Å². The fourth-order valence-corrected chi connectivity index (χ4v) is 4.53. The van der Waals surface area contributed by atoms with E-state index >= 15 is 0 Å². The smallest absolute Gasteiger partial charge is 0.307 e. The van der Waals surface area contributed by atoms with Gasteiger partial charge in [-0.1, -0.05) is 6.92 Å². The Morgan fingerprint density at radius 3 is 2.54 bits per heavy atom. The number of carbonyl (C=O) groups is 2. The topological polar surface area (TPSA) is 92.8 Å². The number of ether oxygens (including phenoxy) is 1. The van der Waals surface area contributed by atoms with Gasteiger partial charge in [0.15, 0.2) is 0 Å². The summed E-state index contributed by atoms with van der Waals surface area (Å²) in [5.74, 6) is -0.538. The Bertz CT molecular complexity index is 806. The Balaban J connectivity index is 2.21. The predicted octanol–water partition coefficient (Wildman–Crippen LogP) is 2.00. The lowest BCUT2D eigenvalue weighted by molar-refractivity contribution is -0.142. The van der Waals surface area contributed by atoms with Gasteiger partial charge in [-0.2, -0.15) is 0 Å². The third-order valence-corrected chi connectivity index (χ3v) is 6.67. The summed E-state index contributed by atoms with van der Waals surface area (Å²) in [5, 5.41) is 2.90. The molecular formula is C18H26N2O5S. The van der Waals surface area contributed by atoms with Gasteiger partial charge in [0.25, 0.3) is 5.91 Å². The summed E-state index contributed by atoms with van der Waals surface area (Å²) in [7, 11) is -1.94. The molecule has 1 aromatic carbocycles. The van der Waals surface area contributed by atoms with E-state index in [0.717, 1.165) is 0 Å². The molecule has 2 rings (SSSR count). The molecule has 1 fully saturated rings. The Hall–Kier alpha value is -2.09. The van der Waals surface area contributed by atoms with Crippen LogP contribution in [0.5, 0.6) is 0 Å². The molecule has 1 aliphatic rings. The van der Waals surface area contributed by atoms with E-state index in [4.69, 9.17) is 4.74 Å². The van der Waals surface area contributed by atoms with Crippen molar-refractivity contribution in [3.8, 4) is 0 Å². The Labute approximate surface area is 154 Å². The second kappa shape index (κ2) is 7.65. The first-order chi connectivity index (χ1) is 12.1. The molecule has 0 bridgehead atoms. The van der Waals surface area contributed by atoms with Gasteiger partial charge in [0.05, 0.1) is 25.0 Å². The van der Waals surface area contributed by atoms with Gasteiger partial charge in [-0.25, -0.2) is 8.42 Å². The van der Waals surface area contributed by atoms with Gasteiger partial charge in [0.2, 0.25) is 10.0 Å². The summed E-state index contributed by atoms with van der Waals surface area (Å²) in [6.45, 7) is 5.91. The number of nitrogens with zero attached hydrogens (tertiary/aromatic N) is 1. The molecule has 0 radical (unpaired) electrons. The van der Waals surface area contributed by atoms with Gasteiger partial charge in [0, 0.05) is 17.6 Å². The van der Waals surface area contributed by atoms with Gasteiger partial charge >= 0.3 is 5.97 Å². The standard InChI is InChI=1S/C18H26N2O5S/c1-5-18(3,12-16(21)25-4)19-17(22)15-8-7-14(11-13(15)2)20-9-6-10-26(20,23)24/h7-8,11H,5-6,9-10,12H2,1-4H3,(H,19,22). The molecule has 1 aliphatic heterocycles. The van der Waals surface area contributed by atoms with Crippen LogP contribution in [0.2, 0.25) is 0 Å². The number of anilines is 1.